The molecule has 1 rings (SSSR count). The Morgan fingerprint density at radius 2 is 2.00 bits per heavy atom. The van der Waals surface area contributed by atoms with E-state index in [1.807, 2.05) is 0 Å². The topological polar surface area (TPSA) is 20.2 Å². The van der Waals surface area contributed by atoms with Gasteiger partial charge < -0.3 is 5.11 Å². The molecule has 0 radical (unpaired) electrons. The van der Waals surface area contributed by atoms with E-state index in [1.54, 1.807) is 0 Å². The van der Waals surface area contributed by atoms with Crippen LogP contribution in [0.1, 0.15) is 40.0 Å². The number of aliphatic hydroxyl groups is 1. The Kier molecular flexibility index (Phi) is 2.62. The van der Waals surface area contributed by atoms with Gasteiger partial charge in [-0.3, -0.25) is 0 Å². The molecule has 1 N–H and O–H groups in total. The number of rotatable bonds is 0. The third kappa shape index (κ3) is 2.10. The molecular formula is C11H20O. The van der Waals surface area contributed by atoms with Crippen LogP contribution in [-0.2, 0) is 0 Å². The van der Waals surface area contributed by atoms with Crippen molar-refractivity contribution in [2.45, 2.75) is 46.1 Å². The zero-order chi connectivity index (χ0) is 9.35. The van der Waals surface area contributed by atoms with Gasteiger partial charge in [-0.15, -0.1) is 0 Å². The molecule has 12 heavy (non-hydrogen) atoms. The molecule has 1 heteroatoms. The molecule has 0 spiro atoms. The Balaban J connectivity index is 2.57. The van der Waals surface area contributed by atoms with Crippen LogP contribution in [0.25, 0.3) is 0 Å². The standard InChI is InChI=1S/C11H20O/c1-8-5-6-9(7-10(8)12)11(2,3)4/h9-10,12H,1,5-7H2,2-4H3/t9-,10-/m0/s1. The maximum Gasteiger partial charge on any atom is 0.0750 e. The highest BCUT2D eigenvalue weighted by molar-refractivity contribution is 5.06. The normalized spacial score (nSPS) is 32.2. The zero-order valence-electron chi connectivity index (χ0n) is 8.43. The maximum absolute atomic E-state index is 9.61. The molecule has 0 heterocycles. The van der Waals surface area contributed by atoms with E-state index in [9.17, 15) is 5.11 Å². The number of hydrogen-bond acceptors (Lipinski definition) is 1. The van der Waals surface area contributed by atoms with E-state index >= 15 is 0 Å². The second kappa shape index (κ2) is 3.21. The fraction of sp³-hybridized carbons (Fsp3) is 0.818. The van der Waals surface area contributed by atoms with Crippen molar-refractivity contribution in [1.29, 1.82) is 0 Å². The molecule has 70 valence electrons. The third-order valence-electron chi connectivity index (χ3n) is 3.02. The van der Waals surface area contributed by atoms with Crippen molar-refractivity contribution in [2.75, 3.05) is 0 Å². The van der Waals surface area contributed by atoms with E-state index in [-0.39, 0.29) is 6.10 Å². The number of hydrogen-bond donors (Lipinski definition) is 1. The molecule has 0 aromatic rings. The molecule has 0 bridgehead atoms. The Bertz CT molecular complexity index is 176. The molecule has 0 amide bonds. The smallest absolute Gasteiger partial charge is 0.0750 e. The third-order valence-corrected chi connectivity index (χ3v) is 3.02. The molecule has 1 aliphatic rings. The SMILES string of the molecule is C=C1CC[C@H](C(C)(C)C)C[C@@H]1O. The van der Waals surface area contributed by atoms with Crippen LogP contribution in [0.4, 0.5) is 0 Å². The first-order valence-corrected chi connectivity index (χ1v) is 4.77. The number of aliphatic hydroxyl groups excluding tert-OH is 1. The Morgan fingerprint density at radius 3 is 2.42 bits per heavy atom. The van der Waals surface area contributed by atoms with Crippen LogP contribution in [0, 0.1) is 11.3 Å². The Labute approximate surface area is 75.5 Å². The zero-order valence-corrected chi connectivity index (χ0v) is 8.43. The predicted octanol–water partition coefficient (Wildman–Crippen LogP) is 2.75. The molecule has 0 unspecified atom stereocenters. The maximum atomic E-state index is 9.61. The van der Waals surface area contributed by atoms with Gasteiger partial charge in [-0.2, -0.15) is 0 Å². The summed E-state index contributed by atoms with van der Waals surface area (Å²) in [7, 11) is 0. The molecule has 1 fully saturated rings. The largest absolute Gasteiger partial charge is 0.389 e. The second-order valence-electron chi connectivity index (χ2n) is 5.01. The fourth-order valence-electron chi connectivity index (χ4n) is 1.87. The van der Waals surface area contributed by atoms with E-state index < -0.39 is 0 Å². The lowest BCUT2D eigenvalue weighted by Crippen LogP contribution is -2.30. The summed E-state index contributed by atoms with van der Waals surface area (Å²) in [6, 6.07) is 0. The van der Waals surface area contributed by atoms with E-state index in [0.717, 1.165) is 18.4 Å². The van der Waals surface area contributed by atoms with Gasteiger partial charge in [0, 0.05) is 0 Å². The highest BCUT2D eigenvalue weighted by Gasteiger charge is 2.31. The molecule has 0 aliphatic heterocycles. The molecule has 0 aromatic carbocycles. The molecule has 1 aliphatic carbocycles. The molecule has 0 saturated heterocycles. The predicted molar refractivity (Wildman–Crippen MR) is 51.9 cm³/mol. The summed E-state index contributed by atoms with van der Waals surface area (Å²) >= 11 is 0. The second-order valence-corrected chi connectivity index (χ2v) is 5.01. The minimum Gasteiger partial charge on any atom is -0.389 e. The minimum absolute atomic E-state index is 0.247. The van der Waals surface area contributed by atoms with E-state index in [1.165, 1.54) is 6.42 Å². The van der Waals surface area contributed by atoms with Crippen LogP contribution in [0.2, 0.25) is 0 Å². The van der Waals surface area contributed by atoms with Crippen molar-refractivity contribution in [3.8, 4) is 0 Å². The van der Waals surface area contributed by atoms with Crippen molar-refractivity contribution in [2.24, 2.45) is 11.3 Å². The van der Waals surface area contributed by atoms with Gasteiger partial charge in [0.2, 0.25) is 0 Å². The van der Waals surface area contributed by atoms with Crippen LogP contribution >= 0.6 is 0 Å². The lowest BCUT2D eigenvalue weighted by atomic mass is 9.70. The molecular weight excluding hydrogens is 148 g/mol. The highest BCUT2D eigenvalue weighted by Crippen LogP contribution is 2.39. The Morgan fingerprint density at radius 1 is 1.42 bits per heavy atom. The van der Waals surface area contributed by atoms with Crippen LogP contribution in [-0.4, -0.2) is 11.2 Å². The first-order chi connectivity index (χ1) is 5.41. The van der Waals surface area contributed by atoms with Crippen LogP contribution in [0.15, 0.2) is 12.2 Å². The summed E-state index contributed by atoms with van der Waals surface area (Å²) in [5.74, 6) is 0.651. The monoisotopic (exact) mass is 168 g/mol. The summed E-state index contributed by atoms with van der Waals surface area (Å²) < 4.78 is 0. The Hall–Kier alpha value is -0.300. The van der Waals surface area contributed by atoms with Crippen molar-refractivity contribution in [3.05, 3.63) is 12.2 Å². The highest BCUT2D eigenvalue weighted by atomic mass is 16.3. The average Bonchev–Trinajstić information content (AvgIpc) is 1.92. The van der Waals surface area contributed by atoms with Gasteiger partial charge in [0.15, 0.2) is 0 Å². The van der Waals surface area contributed by atoms with Crippen molar-refractivity contribution < 1.29 is 5.11 Å². The lowest BCUT2D eigenvalue weighted by molar-refractivity contribution is 0.0954. The van der Waals surface area contributed by atoms with Crippen LogP contribution in [0.5, 0.6) is 0 Å². The van der Waals surface area contributed by atoms with Crippen LogP contribution < -0.4 is 0 Å². The van der Waals surface area contributed by atoms with Gasteiger partial charge in [-0.1, -0.05) is 27.4 Å². The first-order valence-electron chi connectivity index (χ1n) is 4.77. The van der Waals surface area contributed by atoms with Gasteiger partial charge in [0.25, 0.3) is 0 Å². The van der Waals surface area contributed by atoms with E-state index in [0.29, 0.717) is 11.3 Å². The fourth-order valence-corrected chi connectivity index (χ4v) is 1.87. The van der Waals surface area contributed by atoms with Crippen LogP contribution in [0.3, 0.4) is 0 Å². The molecule has 0 aromatic heterocycles. The summed E-state index contributed by atoms with van der Waals surface area (Å²) in [6.45, 7) is 10.6. The van der Waals surface area contributed by atoms with Gasteiger partial charge in [-0.25, -0.2) is 0 Å². The van der Waals surface area contributed by atoms with E-state index in [4.69, 9.17) is 0 Å². The average molecular weight is 168 g/mol. The first kappa shape index (κ1) is 9.79. The van der Waals surface area contributed by atoms with Crippen molar-refractivity contribution in [1.82, 2.24) is 0 Å². The molecule has 1 nitrogen and oxygen atoms in total. The summed E-state index contributed by atoms with van der Waals surface area (Å²) in [5, 5.41) is 9.61. The minimum atomic E-state index is -0.247. The van der Waals surface area contributed by atoms with Gasteiger partial charge in [0.1, 0.15) is 0 Å². The van der Waals surface area contributed by atoms with Crippen molar-refractivity contribution in [3.63, 3.8) is 0 Å². The quantitative estimate of drug-likeness (QED) is 0.551. The molecule has 2 atom stereocenters. The van der Waals surface area contributed by atoms with Crippen molar-refractivity contribution >= 4 is 0 Å². The van der Waals surface area contributed by atoms with Gasteiger partial charge in [0.05, 0.1) is 6.10 Å². The summed E-state index contributed by atoms with van der Waals surface area (Å²) in [5.41, 5.74) is 1.36. The summed E-state index contributed by atoms with van der Waals surface area (Å²) in [6.07, 6.45) is 2.85. The summed E-state index contributed by atoms with van der Waals surface area (Å²) in [4.78, 5) is 0. The van der Waals surface area contributed by atoms with Gasteiger partial charge >= 0.3 is 0 Å². The van der Waals surface area contributed by atoms with E-state index in [2.05, 4.69) is 27.4 Å². The van der Waals surface area contributed by atoms with Gasteiger partial charge in [-0.05, 0) is 36.2 Å². The molecule has 1 saturated carbocycles. The lowest BCUT2D eigenvalue weighted by Gasteiger charge is -2.36.